The van der Waals surface area contributed by atoms with Crippen molar-refractivity contribution in [1.82, 2.24) is 4.90 Å². The van der Waals surface area contributed by atoms with Crippen LogP contribution < -0.4 is 9.47 Å². The standard InChI is InChI=1S/C15H17NO5/c1-9-13(21-12-5-3-2-4-11(12)20-9)14(17)16-7-6-10(8-16)15(18)19/h2-5,9-10,13H,6-8H2,1H3,(H,18,19)/t9-,10-,13-/m0/s1. The molecule has 1 saturated heterocycles. The lowest BCUT2D eigenvalue weighted by molar-refractivity contribution is -0.144. The highest BCUT2D eigenvalue weighted by molar-refractivity contribution is 5.84. The van der Waals surface area contributed by atoms with Gasteiger partial charge >= 0.3 is 5.97 Å². The lowest BCUT2D eigenvalue weighted by atomic mass is 10.1. The van der Waals surface area contributed by atoms with Crippen LogP contribution in [0.2, 0.25) is 0 Å². The molecule has 0 spiro atoms. The molecule has 0 unspecified atom stereocenters. The Labute approximate surface area is 122 Å². The van der Waals surface area contributed by atoms with Crippen LogP contribution in [0.25, 0.3) is 0 Å². The molecule has 112 valence electrons. The Hall–Kier alpha value is -2.24. The molecule has 1 N–H and O–H groups in total. The molecule has 0 aliphatic carbocycles. The van der Waals surface area contributed by atoms with Crippen molar-refractivity contribution in [3.05, 3.63) is 24.3 Å². The molecule has 0 aromatic heterocycles. The Morgan fingerprint density at radius 1 is 1.24 bits per heavy atom. The molecular formula is C15H17NO5. The third kappa shape index (κ3) is 2.53. The number of carboxylic acid groups (broad SMARTS) is 1. The summed E-state index contributed by atoms with van der Waals surface area (Å²) in [6, 6.07) is 7.21. The van der Waals surface area contributed by atoms with Crippen molar-refractivity contribution < 1.29 is 24.2 Å². The lowest BCUT2D eigenvalue weighted by Crippen LogP contribution is -2.50. The van der Waals surface area contributed by atoms with Crippen LogP contribution in [0, 0.1) is 5.92 Å². The number of para-hydroxylation sites is 2. The van der Waals surface area contributed by atoms with Gasteiger partial charge in [-0.05, 0) is 25.5 Å². The van der Waals surface area contributed by atoms with Gasteiger partial charge in [0.25, 0.3) is 5.91 Å². The van der Waals surface area contributed by atoms with E-state index in [1.807, 2.05) is 12.1 Å². The molecule has 0 radical (unpaired) electrons. The van der Waals surface area contributed by atoms with Gasteiger partial charge in [0.1, 0.15) is 6.10 Å². The Bertz CT molecular complexity index is 573. The van der Waals surface area contributed by atoms with E-state index >= 15 is 0 Å². The SMILES string of the molecule is C[C@@H]1Oc2ccccc2O[C@@H]1C(=O)N1CC[C@H](C(=O)O)C1. The number of hydrogen-bond donors (Lipinski definition) is 1. The number of aliphatic carboxylic acids is 1. The topological polar surface area (TPSA) is 76.1 Å². The predicted molar refractivity (Wildman–Crippen MR) is 73.3 cm³/mol. The molecule has 1 aromatic carbocycles. The minimum Gasteiger partial charge on any atom is -0.482 e. The van der Waals surface area contributed by atoms with Gasteiger partial charge < -0.3 is 19.5 Å². The minimum atomic E-state index is -0.857. The highest BCUT2D eigenvalue weighted by atomic mass is 16.6. The molecule has 21 heavy (non-hydrogen) atoms. The number of fused-ring (bicyclic) bond motifs is 1. The van der Waals surface area contributed by atoms with Crippen LogP contribution in [-0.2, 0) is 9.59 Å². The van der Waals surface area contributed by atoms with E-state index in [9.17, 15) is 9.59 Å². The van der Waals surface area contributed by atoms with E-state index in [2.05, 4.69) is 0 Å². The number of nitrogens with zero attached hydrogens (tertiary/aromatic N) is 1. The van der Waals surface area contributed by atoms with Gasteiger partial charge in [0.2, 0.25) is 6.10 Å². The smallest absolute Gasteiger partial charge is 0.308 e. The van der Waals surface area contributed by atoms with Crippen LogP contribution in [0.1, 0.15) is 13.3 Å². The number of amides is 1. The van der Waals surface area contributed by atoms with Crippen molar-refractivity contribution in [2.24, 2.45) is 5.92 Å². The number of carboxylic acids is 1. The summed E-state index contributed by atoms with van der Waals surface area (Å²) in [5, 5.41) is 9.01. The van der Waals surface area contributed by atoms with Crippen molar-refractivity contribution in [2.75, 3.05) is 13.1 Å². The fourth-order valence-electron chi connectivity index (χ4n) is 2.73. The summed E-state index contributed by atoms with van der Waals surface area (Å²) in [5.74, 6) is -0.381. The fourth-order valence-corrected chi connectivity index (χ4v) is 2.73. The summed E-state index contributed by atoms with van der Waals surface area (Å²) >= 11 is 0. The molecule has 2 aliphatic heterocycles. The molecule has 6 nitrogen and oxygen atoms in total. The zero-order valence-corrected chi connectivity index (χ0v) is 11.7. The van der Waals surface area contributed by atoms with Crippen LogP contribution >= 0.6 is 0 Å². The number of hydrogen-bond acceptors (Lipinski definition) is 4. The van der Waals surface area contributed by atoms with Crippen molar-refractivity contribution in [3.8, 4) is 11.5 Å². The van der Waals surface area contributed by atoms with Crippen molar-refractivity contribution in [2.45, 2.75) is 25.6 Å². The van der Waals surface area contributed by atoms with E-state index in [4.69, 9.17) is 14.6 Å². The maximum atomic E-state index is 12.5. The van der Waals surface area contributed by atoms with E-state index < -0.39 is 24.1 Å². The molecule has 0 bridgehead atoms. The first-order valence-corrected chi connectivity index (χ1v) is 7.00. The van der Waals surface area contributed by atoms with Gasteiger partial charge in [0, 0.05) is 13.1 Å². The number of benzene rings is 1. The highest BCUT2D eigenvalue weighted by Crippen LogP contribution is 2.34. The van der Waals surface area contributed by atoms with Crippen molar-refractivity contribution in [3.63, 3.8) is 0 Å². The molecule has 3 atom stereocenters. The second-order valence-electron chi connectivity index (χ2n) is 5.42. The number of likely N-dealkylation sites (tertiary alicyclic amines) is 1. The van der Waals surface area contributed by atoms with Gasteiger partial charge in [-0.2, -0.15) is 0 Å². The number of carbonyl (C=O) groups is 2. The molecule has 6 heteroatoms. The van der Waals surface area contributed by atoms with Crippen LogP contribution in [0.5, 0.6) is 11.5 Å². The molecule has 1 amide bonds. The second-order valence-corrected chi connectivity index (χ2v) is 5.42. The van der Waals surface area contributed by atoms with Crippen LogP contribution in [0.15, 0.2) is 24.3 Å². The Morgan fingerprint density at radius 2 is 1.90 bits per heavy atom. The maximum Gasteiger partial charge on any atom is 0.308 e. The molecule has 1 fully saturated rings. The van der Waals surface area contributed by atoms with Gasteiger partial charge in [-0.1, -0.05) is 12.1 Å². The monoisotopic (exact) mass is 291 g/mol. The van der Waals surface area contributed by atoms with Gasteiger partial charge in [-0.15, -0.1) is 0 Å². The van der Waals surface area contributed by atoms with E-state index in [-0.39, 0.29) is 12.5 Å². The zero-order chi connectivity index (χ0) is 15.0. The van der Waals surface area contributed by atoms with E-state index in [1.54, 1.807) is 24.0 Å². The molecule has 0 saturated carbocycles. The number of carbonyl (C=O) groups excluding carboxylic acids is 1. The molecule has 2 heterocycles. The lowest BCUT2D eigenvalue weighted by Gasteiger charge is -2.33. The van der Waals surface area contributed by atoms with Crippen molar-refractivity contribution in [1.29, 1.82) is 0 Å². The summed E-state index contributed by atoms with van der Waals surface area (Å²) in [6.07, 6.45) is -0.650. The summed E-state index contributed by atoms with van der Waals surface area (Å²) in [6.45, 7) is 2.47. The molecule has 1 aromatic rings. The predicted octanol–water partition coefficient (Wildman–Crippen LogP) is 1.15. The largest absolute Gasteiger partial charge is 0.482 e. The third-order valence-corrected chi connectivity index (χ3v) is 3.93. The highest BCUT2D eigenvalue weighted by Gasteiger charge is 2.40. The average molecular weight is 291 g/mol. The Kier molecular flexibility index (Phi) is 3.45. The van der Waals surface area contributed by atoms with Crippen molar-refractivity contribution >= 4 is 11.9 Å². The molecule has 3 rings (SSSR count). The Balaban J connectivity index is 1.73. The zero-order valence-electron chi connectivity index (χ0n) is 11.7. The maximum absolute atomic E-state index is 12.5. The summed E-state index contributed by atoms with van der Waals surface area (Å²) in [5.41, 5.74) is 0. The van der Waals surface area contributed by atoms with Gasteiger partial charge in [0.15, 0.2) is 11.5 Å². The normalized spacial score (nSPS) is 27.5. The van der Waals surface area contributed by atoms with E-state index in [0.717, 1.165) is 0 Å². The van der Waals surface area contributed by atoms with Gasteiger partial charge in [-0.3, -0.25) is 9.59 Å². The minimum absolute atomic E-state index is 0.208. The van der Waals surface area contributed by atoms with E-state index in [0.29, 0.717) is 24.5 Å². The quantitative estimate of drug-likeness (QED) is 0.884. The molecule has 2 aliphatic rings. The van der Waals surface area contributed by atoms with Crippen LogP contribution in [0.4, 0.5) is 0 Å². The van der Waals surface area contributed by atoms with Crippen LogP contribution in [0.3, 0.4) is 0 Å². The average Bonchev–Trinajstić information content (AvgIpc) is 2.96. The molecular weight excluding hydrogens is 274 g/mol. The van der Waals surface area contributed by atoms with E-state index in [1.165, 1.54) is 0 Å². The summed E-state index contributed by atoms with van der Waals surface area (Å²) in [7, 11) is 0. The number of ether oxygens (including phenoxy) is 2. The third-order valence-electron chi connectivity index (χ3n) is 3.93. The second kappa shape index (κ2) is 5.27. The van der Waals surface area contributed by atoms with Gasteiger partial charge in [0.05, 0.1) is 5.92 Å². The van der Waals surface area contributed by atoms with Gasteiger partial charge in [-0.25, -0.2) is 0 Å². The number of rotatable bonds is 2. The van der Waals surface area contributed by atoms with Crippen LogP contribution in [-0.4, -0.2) is 47.2 Å². The first-order valence-electron chi connectivity index (χ1n) is 7.00. The summed E-state index contributed by atoms with van der Waals surface area (Å²) in [4.78, 5) is 25.0. The first-order chi connectivity index (χ1) is 10.1. The summed E-state index contributed by atoms with van der Waals surface area (Å²) < 4.78 is 11.5. The fraction of sp³-hybridized carbons (Fsp3) is 0.467. The first kappa shape index (κ1) is 13.7. The Morgan fingerprint density at radius 3 is 2.52 bits per heavy atom.